The van der Waals surface area contributed by atoms with Gasteiger partial charge in [0, 0.05) is 24.9 Å². The lowest BCUT2D eigenvalue weighted by Gasteiger charge is -2.36. The predicted octanol–water partition coefficient (Wildman–Crippen LogP) is 4.37. The topological polar surface area (TPSA) is 57.6 Å². The summed E-state index contributed by atoms with van der Waals surface area (Å²) in [6.07, 6.45) is 1.64. The number of carbonyl (C=O) groups excluding carboxylic acids is 1. The van der Waals surface area contributed by atoms with Gasteiger partial charge in [-0.1, -0.05) is 36.2 Å². The van der Waals surface area contributed by atoms with Crippen molar-refractivity contribution in [3.05, 3.63) is 33.8 Å². The molecule has 1 aromatic carbocycles. The molecule has 0 spiro atoms. The van der Waals surface area contributed by atoms with Crippen molar-refractivity contribution in [2.24, 2.45) is 5.41 Å². The summed E-state index contributed by atoms with van der Waals surface area (Å²) in [5.74, 6) is 0.164. The number of halogens is 2. The Hall–Kier alpha value is -1.26. The van der Waals surface area contributed by atoms with E-state index in [-0.39, 0.29) is 17.7 Å². The molecule has 6 heteroatoms. The number of rotatable bonds is 4. The molecule has 0 radical (unpaired) electrons. The lowest BCUT2D eigenvalue weighted by Crippen LogP contribution is -2.47. The molecule has 4 nitrogen and oxygen atoms in total. The van der Waals surface area contributed by atoms with Crippen LogP contribution in [0.4, 0.5) is 4.79 Å². The standard InChI is InChI=1S/C17H19Cl2NO3/c1-2-3-14(21)17-9-16(17,6-7-20(10-17)15(22)23)11-4-5-12(18)13(19)8-11/h4-5,8H,2-3,6-7,9-10H2,1H3,(H,22,23)/t16-,17?/m1/s1. The molecule has 1 heterocycles. The third kappa shape index (κ3) is 2.43. The highest BCUT2D eigenvalue weighted by Crippen LogP contribution is 2.69. The van der Waals surface area contributed by atoms with Crippen LogP contribution in [0.5, 0.6) is 0 Å². The fourth-order valence-corrected chi connectivity index (χ4v) is 4.43. The molecule has 1 unspecified atom stereocenters. The minimum absolute atomic E-state index is 0.164. The van der Waals surface area contributed by atoms with E-state index in [1.165, 1.54) is 4.90 Å². The zero-order valence-electron chi connectivity index (χ0n) is 12.9. The maximum absolute atomic E-state index is 12.8. The van der Waals surface area contributed by atoms with E-state index in [9.17, 15) is 14.7 Å². The molecule has 2 aliphatic rings. The summed E-state index contributed by atoms with van der Waals surface area (Å²) >= 11 is 12.2. The number of carbonyl (C=O) groups is 2. The molecule has 2 atom stereocenters. The van der Waals surface area contributed by atoms with Crippen molar-refractivity contribution >= 4 is 35.1 Å². The zero-order valence-corrected chi connectivity index (χ0v) is 14.5. The van der Waals surface area contributed by atoms with E-state index >= 15 is 0 Å². The average Bonchev–Trinajstić information content (AvgIpc) is 3.21. The van der Waals surface area contributed by atoms with Crippen molar-refractivity contribution < 1.29 is 14.7 Å². The Kier molecular flexibility index (Phi) is 4.09. The van der Waals surface area contributed by atoms with Crippen LogP contribution in [0, 0.1) is 5.41 Å². The van der Waals surface area contributed by atoms with E-state index in [0.29, 0.717) is 35.9 Å². The van der Waals surface area contributed by atoms with Gasteiger partial charge in [0.25, 0.3) is 0 Å². The Morgan fingerprint density at radius 2 is 2.04 bits per heavy atom. The first-order valence-electron chi connectivity index (χ1n) is 7.83. The largest absolute Gasteiger partial charge is 0.465 e. The van der Waals surface area contributed by atoms with E-state index in [0.717, 1.165) is 12.0 Å². The lowest BCUT2D eigenvalue weighted by atomic mass is 9.77. The second-order valence-electron chi connectivity index (χ2n) is 6.60. The molecule has 0 aromatic heterocycles. The van der Waals surface area contributed by atoms with Gasteiger partial charge in [-0.25, -0.2) is 4.79 Å². The molecule has 1 aliphatic carbocycles. The van der Waals surface area contributed by atoms with Crippen LogP contribution in [0.2, 0.25) is 10.0 Å². The number of carboxylic acid groups (broad SMARTS) is 1. The van der Waals surface area contributed by atoms with Crippen LogP contribution >= 0.6 is 23.2 Å². The van der Waals surface area contributed by atoms with Crippen molar-refractivity contribution in [1.29, 1.82) is 0 Å². The molecule has 1 saturated carbocycles. The van der Waals surface area contributed by atoms with Crippen LogP contribution in [0.1, 0.15) is 38.2 Å². The van der Waals surface area contributed by atoms with Gasteiger partial charge in [-0.15, -0.1) is 0 Å². The van der Waals surface area contributed by atoms with Gasteiger partial charge in [0.15, 0.2) is 0 Å². The van der Waals surface area contributed by atoms with Crippen molar-refractivity contribution in [2.75, 3.05) is 13.1 Å². The molecular weight excluding hydrogens is 337 g/mol. The number of likely N-dealkylation sites (tertiary alicyclic amines) is 1. The zero-order chi connectivity index (χ0) is 16.8. The average molecular weight is 356 g/mol. The quantitative estimate of drug-likeness (QED) is 0.871. The summed E-state index contributed by atoms with van der Waals surface area (Å²) in [5.41, 5.74) is 0.109. The molecule has 1 saturated heterocycles. The Balaban J connectivity index is 1.99. The number of piperidine rings is 1. The van der Waals surface area contributed by atoms with Crippen LogP contribution in [0.15, 0.2) is 18.2 Å². The smallest absolute Gasteiger partial charge is 0.407 e. The number of amides is 1. The SMILES string of the molecule is CCCC(=O)C12CN(C(=O)O)CC[C@]1(c1ccc(Cl)c(Cl)c1)C2. The molecule has 3 rings (SSSR count). The van der Waals surface area contributed by atoms with Crippen molar-refractivity contribution in [2.45, 2.75) is 38.0 Å². The van der Waals surface area contributed by atoms with Gasteiger partial charge in [0.2, 0.25) is 0 Å². The molecule has 124 valence electrons. The summed E-state index contributed by atoms with van der Waals surface area (Å²) in [6, 6.07) is 5.51. The lowest BCUT2D eigenvalue weighted by molar-refractivity contribution is -0.126. The molecule has 1 aromatic rings. The van der Waals surface area contributed by atoms with Crippen LogP contribution in [-0.2, 0) is 10.2 Å². The second kappa shape index (κ2) is 5.67. The predicted molar refractivity (Wildman–Crippen MR) is 89.3 cm³/mol. The molecule has 1 N–H and O–H groups in total. The van der Waals surface area contributed by atoms with Crippen molar-refractivity contribution in [3.63, 3.8) is 0 Å². The van der Waals surface area contributed by atoms with Crippen molar-refractivity contribution in [3.8, 4) is 0 Å². The van der Waals surface area contributed by atoms with Gasteiger partial charge in [-0.2, -0.15) is 0 Å². The van der Waals surface area contributed by atoms with Gasteiger partial charge >= 0.3 is 6.09 Å². The van der Waals surface area contributed by atoms with Crippen LogP contribution < -0.4 is 0 Å². The number of benzene rings is 1. The highest BCUT2D eigenvalue weighted by molar-refractivity contribution is 6.42. The van der Waals surface area contributed by atoms with E-state index in [4.69, 9.17) is 23.2 Å². The van der Waals surface area contributed by atoms with Crippen molar-refractivity contribution in [1.82, 2.24) is 4.90 Å². The number of ketones is 1. The Bertz CT molecular complexity index is 678. The summed E-state index contributed by atoms with van der Waals surface area (Å²) in [5, 5.41) is 10.3. The minimum Gasteiger partial charge on any atom is -0.465 e. The number of hydrogen-bond donors (Lipinski definition) is 1. The molecular formula is C17H19Cl2NO3. The molecule has 0 bridgehead atoms. The Labute approximate surface area is 145 Å². The first-order chi connectivity index (χ1) is 10.9. The monoisotopic (exact) mass is 355 g/mol. The van der Waals surface area contributed by atoms with Gasteiger partial charge in [-0.05, 0) is 37.0 Å². The fourth-order valence-electron chi connectivity index (χ4n) is 4.14. The third-order valence-corrected chi connectivity index (χ3v) is 6.16. The summed E-state index contributed by atoms with van der Waals surface area (Å²) in [4.78, 5) is 25.5. The normalized spacial score (nSPS) is 29.1. The Morgan fingerprint density at radius 1 is 1.30 bits per heavy atom. The van der Waals surface area contributed by atoms with E-state index in [2.05, 4.69) is 0 Å². The number of hydrogen-bond acceptors (Lipinski definition) is 2. The highest BCUT2D eigenvalue weighted by Gasteiger charge is 2.73. The number of Topliss-reactive ketones (excluding diaryl/α,β-unsaturated/α-hetero) is 1. The van der Waals surface area contributed by atoms with E-state index in [1.807, 2.05) is 19.1 Å². The summed E-state index contributed by atoms with van der Waals surface area (Å²) < 4.78 is 0. The van der Waals surface area contributed by atoms with Gasteiger partial charge in [0.05, 0.1) is 15.5 Å². The van der Waals surface area contributed by atoms with E-state index in [1.54, 1.807) is 6.07 Å². The third-order valence-electron chi connectivity index (χ3n) is 5.42. The highest BCUT2D eigenvalue weighted by atomic mass is 35.5. The molecule has 23 heavy (non-hydrogen) atoms. The Morgan fingerprint density at radius 3 is 2.65 bits per heavy atom. The number of fused-ring (bicyclic) bond motifs is 1. The first-order valence-corrected chi connectivity index (χ1v) is 8.58. The van der Waals surface area contributed by atoms with Crippen LogP contribution in [0.25, 0.3) is 0 Å². The van der Waals surface area contributed by atoms with Gasteiger partial charge in [0.1, 0.15) is 5.78 Å². The minimum atomic E-state index is -0.955. The summed E-state index contributed by atoms with van der Waals surface area (Å²) in [6.45, 7) is 2.69. The molecule has 2 fully saturated rings. The van der Waals surface area contributed by atoms with Gasteiger partial charge < -0.3 is 10.0 Å². The number of nitrogens with zero attached hydrogens (tertiary/aromatic N) is 1. The molecule has 1 amide bonds. The fraction of sp³-hybridized carbons (Fsp3) is 0.529. The van der Waals surface area contributed by atoms with E-state index < -0.39 is 11.5 Å². The van der Waals surface area contributed by atoms with Gasteiger partial charge in [-0.3, -0.25) is 4.79 Å². The first kappa shape index (κ1) is 16.6. The molecule has 1 aliphatic heterocycles. The second-order valence-corrected chi connectivity index (χ2v) is 7.41. The van der Waals surface area contributed by atoms with Crippen LogP contribution in [0.3, 0.4) is 0 Å². The maximum atomic E-state index is 12.8. The van der Waals surface area contributed by atoms with Crippen LogP contribution in [-0.4, -0.2) is 35.0 Å². The summed E-state index contributed by atoms with van der Waals surface area (Å²) in [7, 11) is 0. The maximum Gasteiger partial charge on any atom is 0.407 e.